The second kappa shape index (κ2) is 6.64. The van der Waals surface area contributed by atoms with E-state index in [0.717, 1.165) is 30.8 Å². The minimum Gasteiger partial charge on any atom is -0.603 e. The molecule has 0 saturated heterocycles. The average molecular weight is 303 g/mol. The molecule has 0 bridgehead atoms. The average Bonchev–Trinajstić information content (AvgIpc) is 2.70. The Morgan fingerprint density at radius 3 is 2.64 bits per heavy atom. The van der Waals surface area contributed by atoms with Gasteiger partial charge in [-0.05, 0) is 57.0 Å². The Labute approximate surface area is 131 Å². The quantitative estimate of drug-likeness (QED) is 0.571. The van der Waals surface area contributed by atoms with Crippen LogP contribution >= 0.6 is 0 Å². The van der Waals surface area contributed by atoms with Gasteiger partial charge >= 0.3 is 0 Å². The lowest BCUT2D eigenvalue weighted by Crippen LogP contribution is -3.11. The summed E-state index contributed by atoms with van der Waals surface area (Å²) in [4.78, 5) is 6.51. The van der Waals surface area contributed by atoms with Gasteiger partial charge in [-0.1, -0.05) is 6.42 Å². The highest BCUT2D eigenvalue weighted by Crippen LogP contribution is 2.29. The first-order valence-corrected chi connectivity index (χ1v) is 8.07. The van der Waals surface area contributed by atoms with Crippen molar-refractivity contribution in [1.82, 2.24) is 10.3 Å². The SMILES string of the molecule is CN(C)CCN=C1Nc2cc3c(cc2[NH+]([O-])N1)CCCCC3. The zero-order valence-corrected chi connectivity index (χ0v) is 13.4. The smallest absolute Gasteiger partial charge is 0.243 e. The van der Waals surface area contributed by atoms with E-state index in [2.05, 4.69) is 32.8 Å². The summed E-state index contributed by atoms with van der Waals surface area (Å²) in [6.45, 7) is 1.52. The van der Waals surface area contributed by atoms with Crippen molar-refractivity contribution in [2.75, 3.05) is 32.5 Å². The van der Waals surface area contributed by atoms with Crippen LogP contribution in [0.3, 0.4) is 0 Å². The van der Waals surface area contributed by atoms with Gasteiger partial charge in [0.05, 0.1) is 6.54 Å². The highest BCUT2D eigenvalue weighted by Gasteiger charge is 2.23. The fourth-order valence-electron chi connectivity index (χ4n) is 3.03. The van der Waals surface area contributed by atoms with Gasteiger partial charge in [-0.3, -0.25) is 0 Å². The molecular weight excluding hydrogens is 278 g/mol. The molecule has 1 unspecified atom stereocenters. The minimum absolute atomic E-state index is 0.0515. The Kier molecular flexibility index (Phi) is 4.61. The molecule has 0 radical (unpaired) electrons. The topological polar surface area (TPSA) is 67.2 Å². The maximum absolute atomic E-state index is 12.3. The Balaban J connectivity index is 1.81. The van der Waals surface area contributed by atoms with Crippen molar-refractivity contribution in [3.63, 3.8) is 0 Å². The van der Waals surface area contributed by atoms with E-state index in [9.17, 15) is 5.21 Å². The van der Waals surface area contributed by atoms with Crippen molar-refractivity contribution in [3.8, 4) is 0 Å². The van der Waals surface area contributed by atoms with E-state index in [4.69, 9.17) is 0 Å². The molecule has 1 heterocycles. The summed E-state index contributed by atoms with van der Waals surface area (Å²) < 4.78 is 0. The molecule has 0 saturated carbocycles. The van der Waals surface area contributed by atoms with Gasteiger partial charge in [0.1, 0.15) is 5.69 Å². The molecular formula is C16H25N5O. The number of rotatable bonds is 3. The second-order valence-corrected chi connectivity index (χ2v) is 6.34. The summed E-state index contributed by atoms with van der Waals surface area (Å²) in [6, 6.07) is 4.21. The van der Waals surface area contributed by atoms with E-state index in [1.54, 1.807) is 0 Å². The van der Waals surface area contributed by atoms with Crippen molar-refractivity contribution in [2.24, 2.45) is 4.99 Å². The highest BCUT2D eigenvalue weighted by molar-refractivity contribution is 5.96. The maximum atomic E-state index is 12.3. The molecule has 0 fully saturated rings. The molecule has 1 aliphatic heterocycles. The summed E-state index contributed by atoms with van der Waals surface area (Å²) in [7, 11) is 4.02. The number of guanidine groups is 1. The van der Waals surface area contributed by atoms with Gasteiger partial charge in [-0.2, -0.15) is 5.43 Å². The molecule has 2 aliphatic rings. The molecule has 1 aliphatic carbocycles. The molecule has 1 aromatic rings. The molecule has 1 atom stereocenters. The molecule has 6 nitrogen and oxygen atoms in total. The first-order valence-electron chi connectivity index (χ1n) is 8.07. The number of fused-ring (bicyclic) bond motifs is 2. The lowest BCUT2D eigenvalue weighted by molar-refractivity contribution is -0.816. The fraction of sp³-hybridized carbons (Fsp3) is 0.562. The summed E-state index contributed by atoms with van der Waals surface area (Å²) in [5.74, 6) is 0.563. The summed E-state index contributed by atoms with van der Waals surface area (Å²) in [5.41, 5.74) is 7.20. The van der Waals surface area contributed by atoms with Crippen LogP contribution in [0.2, 0.25) is 0 Å². The lowest BCUT2D eigenvalue weighted by Gasteiger charge is -2.31. The molecule has 6 heteroatoms. The number of quaternary nitrogens is 1. The van der Waals surface area contributed by atoms with Crippen LogP contribution in [0, 0.1) is 5.21 Å². The third-order valence-corrected chi connectivity index (χ3v) is 4.28. The Bertz CT molecular complexity index is 570. The Hall–Kier alpha value is -1.63. The Morgan fingerprint density at radius 1 is 1.18 bits per heavy atom. The first-order chi connectivity index (χ1) is 10.6. The van der Waals surface area contributed by atoms with E-state index >= 15 is 0 Å². The number of benzene rings is 1. The number of hydrogen-bond acceptors (Lipinski definition) is 3. The summed E-state index contributed by atoms with van der Waals surface area (Å²) in [6.07, 6.45) is 5.93. The van der Waals surface area contributed by atoms with E-state index in [1.807, 2.05) is 14.1 Å². The minimum atomic E-state index is -0.0515. The van der Waals surface area contributed by atoms with Gasteiger partial charge in [0, 0.05) is 12.6 Å². The molecule has 0 aromatic heterocycles. The zero-order chi connectivity index (χ0) is 15.5. The van der Waals surface area contributed by atoms with Gasteiger partial charge in [0.2, 0.25) is 5.96 Å². The van der Waals surface area contributed by atoms with Crippen molar-refractivity contribution < 1.29 is 5.17 Å². The number of likely N-dealkylation sites (N-methyl/N-ethyl adjacent to an activating group) is 1. The predicted octanol–water partition coefficient (Wildman–Crippen LogP) is 0.817. The second-order valence-electron chi connectivity index (χ2n) is 6.34. The largest absolute Gasteiger partial charge is 0.603 e. The number of nitrogens with one attached hydrogen (secondary N) is 3. The third kappa shape index (κ3) is 3.40. The van der Waals surface area contributed by atoms with Crippen LogP contribution in [0.5, 0.6) is 0 Å². The van der Waals surface area contributed by atoms with Crippen LogP contribution in [0.15, 0.2) is 17.1 Å². The normalized spacial score (nSPS) is 22.5. The molecule has 120 valence electrons. The van der Waals surface area contributed by atoms with Crippen molar-refractivity contribution in [1.29, 1.82) is 0 Å². The van der Waals surface area contributed by atoms with Crippen LogP contribution in [-0.4, -0.2) is 38.0 Å². The number of aryl methyl sites for hydroxylation is 2. The van der Waals surface area contributed by atoms with Crippen LogP contribution in [0.25, 0.3) is 0 Å². The van der Waals surface area contributed by atoms with Crippen LogP contribution in [0.4, 0.5) is 11.4 Å². The zero-order valence-electron chi connectivity index (χ0n) is 13.4. The van der Waals surface area contributed by atoms with Crippen molar-refractivity contribution in [2.45, 2.75) is 32.1 Å². The molecule has 0 spiro atoms. The number of nitrogens with zero attached hydrogens (tertiary/aromatic N) is 2. The lowest BCUT2D eigenvalue weighted by atomic mass is 10.0. The standard InChI is InChI=1S/C16H25N5O/c1-20(2)9-8-17-16-18-14-10-12-6-4-3-5-7-13(12)11-15(14)21(22)19-16/h10-11,21H,3-9H2,1-2H3,(H2,17,18,19). The third-order valence-electron chi connectivity index (χ3n) is 4.28. The maximum Gasteiger partial charge on any atom is 0.243 e. The molecule has 3 rings (SSSR count). The summed E-state index contributed by atoms with van der Waals surface area (Å²) >= 11 is 0. The molecule has 3 N–H and O–H groups in total. The predicted molar refractivity (Wildman–Crippen MR) is 89.3 cm³/mol. The van der Waals surface area contributed by atoms with Crippen LogP contribution in [0.1, 0.15) is 30.4 Å². The van der Waals surface area contributed by atoms with Gasteiger partial charge < -0.3 is 15.4 Å². The monoisotopic (exact) mass is 303 g/mol. The van der Waals surface area contributed by atoms with E-state index < -0.39 is 0 Å². The van der Waals surface area contributed by atoms with Crippen LogP contribution < -0.4 is 15.9 Å². The first kappa shape index (κ1) is 15.3. The Morgan fingerprint density at radius 2 is 1.91 bits per heavy atom. The fourth-order valence-corrected chi connectivity index (χ4v) is 3.03. The highest BCUT2D eigenvalue weighted by atomic mass is 16.5. The van der Waals surface area contributed by atoms with Crippen LogP contribution in [-0.2, 0) is 12.8 Å². The van der Waals surface area contributed by atoms with Crippen molar-refractivity contribution in [3.05, 3.63) is 28.5 Å². The van der Waals surface area contributed by atoms with Gasteiger partial charge in [0.25, 0.3) is 0 Å². The number of anilines is 1. The van der Waals surface area contributed by atoms with Gasteiger partial charge in [-0.25, -0.2) is 10.2 Å². The van der Waals surface area contributed by atoms with Crippen molar-refractivity contribution >= 4 is 17.3 Å². The molecule has 0 amide bonds. The van der Waals surface area contributed by atoms with E-state index in [-0.39, 0.29) is 5.17 Å². The molecule has 1 aromatic carbocycles. The number of aliphatic imine (C=N–C) groups is 1. The summed E-state index contributed by atoms with van der Waals surface area (Å²) in [5, 5.41) is 15.5. The van der Waals surface area contributed by atoms with Gasteiger partial charge in [-0.15, -0.1) is 0 Å². The van der Waals surface area contributed by atoms with Gasteiger partial charge in [0.15, 0.2) is 5.69 Å². The molecule has 22 heavy (non-hydrogen) atoms. The number of hydrogen-bond donors (Lipinski definition) is 3. The van der Waals surface area contributed by atoms with E-state index in [1.165, 1.54) is 30.4 Å². The van der Waals surface area contributed by atoms with E-state index in [0.29, 0.717) is 12.5 Å².